The lowest BCUT2D eigenvalue weighted by Crippen LogP contribution is -2.00. The van der Waals surface area contributed by atoms with Crippen LogP contribution in [0.15, 0.2) is 30.3 Å². The molecule has 0 saturated carbocycles. The Bertz CT molecular complexity index is 561. The van der Waals surface area contributed by atoms with Crippen LogP contribution in [0, 0.1) is 0 Å². The Balaban J connectivity index is 2.19. The van der Waals surface area contributed by atoms with Crippen LogP contribution in [-0.4, -0.2) is 23.4 Å². The number of benzene rings is 1. The molecule has 0 amide bonds. The molecule has 1 N–H and O–H groups in total. The van der Waals surface area contributed by atoms with Gasteiger partial charge in [0, 0.05) is 11.8 Å². The van der Waals surface area contributed by atoms with E-state index in [4.69, 9.17) is 21.1 Å². The van der Waals surface area contributed by atoms with E-state index in [0.717, 1.165) is 11.4 Å². The molecule has 0 aliphatic rings. The predicted octanol–water partition coefficient (Wildman–Crippen LogP) is 3.67. The first-order chi connectivity index (χ1) is 9.72. The highest BCUT2D eigenvalue weighted by Gasteiger charge is 2.06. The molecule has 1 aromatic carbocycles. The van der Waals surface area contributed by atoms with Crippen molar-refractivity contribution >= 4 is 23.1 Å². The molecule has 0 fully saturated rings. The van der Waals surface area contributed by atoms with E-state index in [0.29, 0.717) is 29.9 Å². The van der Waals surface area contributed by atoms with E-state index < -0.39 is 0 Å². The summed E-state index contributed by atoms with van der Waals surface area (Å²) < 4.78 is 11.1. The SMILES string of the molecule is CCOc1ccc(Nc2ccc(Cl)nn2)cc1OCC. The van der Waals surface area contributed by atoms with Crippen molar-refractivity contribution in [1.82, 2.24) is 10.2 Å². The van der Waals surface area contributed by atoms with Gasteiger partial charge in [0.15, 0.2) is 22.5 Å². The second-order valence-electron chi connectivity index (χ2n) is 3.89. The Hall–Kier alpha value is -2.01. The van der Waals surface area contributed by atoms with Gasteiger partial charge in [0.2, 0.25) is 0 Å². The third kappa shape index (κ3) is 3.74. The van der Waals surface area contributed by atoms with Crippen LogP contribution in [0.5, 0.6) is 11.5 Å². The molecule has 0 aliphatic heterocycles. The standard InChI is InChI=1S/C14H16ClN3O2/c1-3-19-11-6-5-10(9-12(11)20-4-2)16-14-8-7-13(15)17-18-14/h5-9H,3-4H2,1-2H3,(H,16,18). The summed E-state index contributed by atoms with van der Waals surface area (Å²) in [5.41, 5.74) is 0.841. The van der Waals surface area contributed by atoms with Gasteiger partial charge in [-0.1, -0.05) is 11.6 Å². The van der Waals surface area contributed by atoms with Crippen LogP contribution in [0.25, 0.3) is 0 Å². The van der Waals surface area contributed by atoms with Crippen LogP contribution in [0.3, 0.4) is 0 Å². The van der Waals surface area contributed by atoms with E-state index in [9.17, 15) is 0 Å². The van der Waals surface area contributed by atoms with Gasteiger partial charge in [-0.25, -0.2) is 0 Å². The molecule has 2 aromatic rings. The first-order valence-corrected chi connectivity index (χ1v) is 6.76. The van der Waals surface area contributed by atoms with Gasteiger partial charge >= 0.3 is 0 Å². The van der Waals surface area contributed by atoms with Crippen molar-refractivity contribution in [1.29, 1.82) is 0 Å². The van der Waals surface area contributed by atoms with E-state index in [2.05, 4.69) is 15.5 Å². The maximum absolute atomic E-state index is 5.70. The normalized spacial score (nSPS) is 10.2. The number of ether oxygens (including phenoxy) is 2. The number of aromatic nitrogens is 2. The minimum absolute atomic E-state index is 0.359. The highest BCUT2D eigenvalue weighted by molar-refractivity contribution is 6.29. The molecule has 5 nitrogen and oxygen atoms in total. The number of nitrogens with zero attached hydrogens (tertiary/aromatic N) is 2. The Kier molecular flexibility index (Phi) is 5.01. The van der Waals surface area contributed by atoms with Gasteiger partial charge in [-0.2, -0.15) is 0 Å². The zero-order valence-corrected chi connectivity index (χ0v) is 12.1. The van der Waals surface area contributed by atoms with E-state index in [1.54, 1.807) is 12.1 Å². The van der Waals surface area contributed by atoms with Crippen LogP contribution in [0.2, 0.25) is 5.15 Å². The Morgan fingerprint density at radius 1 is 1.00 bits per heavy atom. The third-order valence-corrected chi connectivity index (χ3v) is 2.65. The van der Waals surface area contributed by atoms with Gasteiger partial charge < -0.3 is 14.8 Å². The molecule has 0 saturated heterocycles. The summed E-state index contributed by atoms with van der Waals surface area (Å²) in [4.78, 5) is 0. The van der Waals surface area contributed by atoms with Crippen molar-refractivity contribution in [3.05, 3.63) is 35.5 Å². The van der Waals surface area contributed by atoms with Crippen molar-refractivity contribution in [3.63, 3.8) is 0 Å². The number of hydrogen-bond acceptors (Lipinski definition) is 5. The maximum atomic E-state index is 5.70. The lowest BCUT2D eigenvalue weighted by atomic mass is 10.2. The van der Waals surface area contributed by atoms with Gasteiger partial charge in [-0.05, 0) is 38.1 Å². The Morgan fingerprint density at radius 2 is 1.75 bits per heavy atom. The molecule has 20 heavy (non-hydrogen) atoms. The molecule has 0 spiro atoms. The molecule has 0 unspecified atom stereocenters. The minimum atomic E-state index is 0.359. The predicted molar refractivity (Wildman–Crippen MR) is 79.1 cm³/mol. The van der Waals surface area contributed by atoms with Gasteiger partial charge in [0.1, 0.15) is 0 Å². The van der Waals surface area contributed by atoms with E-state index in [-0.39, 0.29) is 0 Å². The van der Waals surface area contributed by atoms with Crippen molar-refractivity contribution in [3.8, 4) is 11.5 Å². The summed E-state index contributed by atoms with van der Waals surface area (Å²) in [6.07, 6.45) is 0. The lowest BCUT2D eigenvalue weighted by Gasteiger charge is -2.13. The van der Waals surface area contributed by atoms with E-state index in [1.807, 2.05) is 32.0 Å². The molecule has 6 heteroatoms. The molecule has 1 aromatic heterocycles. The lowest BCUT2D eigenvalue weighted by molar-refractivity contribution is 0.288. The Labute approximate surface area is 122 Å². The highest BCUT2D eigenvalue weighted by Crippen LogP contribution is 2.31. The maximum Gasteiger partial charge on any atom is 0.163 e. The number of nitrogens with one attached hydrogen (secondary N) is 1. The average molecular weight is 294 g/mol. The monoisotopic (exact) mass is 293 g/mol. The summed E-state index contributed by atoms with van der Waals surface area (Å²) in [5.74, 6) is 2.03. The second-order valence-corrected chi connectivity index (χ2v) is 4.28. The van der Waals surface area contributed by atoms with E-state index >= 15 is 0 Å². The topological polar surface area (TPSA) is 56.3 Å². The quantitative estimate of drug-likeness (QED) is 0.880. The fourth-order valence-corrected chi connectivity index (χ4v) is 1.76. The molecule has 0 bridgehead atoms. The van der Waals surface area contributed by atoms with Crippen LogP contribution in [0.4, 0.5) is 11.5 Å². The molecule has 106 valence electrons. The van der Waals surface area contributed by atoms with Gasteiger partial charge in [-0.3, -0.25) is 0 Å². The minimum Gasteiger partial charge on any atom is -0.490 e. The zero-order chi connectivity index (χ0) is 14.4. The van der Waals surface area contributed by atoms with Crippen molar-refractivity contribution in [2.75, 3.05) is 18.5 Å². The summed E-state index contributed by atoms with van der Waals surface area (Å²) in [7, 11) is 0. The largest absolute Gasteiger partial charge is 0.490 e. The average Bonchev–Trinajstić information content (AvgIpc) is 2.45. The van der Waals surface area contributed by atoms with Crippen LogP contribution in [-0.2, 0) is 0 Å². The Morgan fingerprint density at radius 3 is 2.40 bits per heavy atom. The summed E-state index contributed by atoms with van der Waals surface area (Å²) in [6, 6.07) is 9.05. The highest BCUT2D eigenvalue weighted by atomic mass is 35.5. The van der Waals surface area contributed by atoms with Crippen molar-refractivity contribution in [2.45, 2.75) is 13.8 Å². The number of anilines is 2. The first-order valence-electron chi connectivity index (χ1n) is 6.38. The molecule has 0 atom stereocenters. The van der Waals surface area contributed by atoms with Crippen LogP contribution in [0.1, 0.15) is 13.8 Å². The molecule has 0 radical (unpaired) electrons. The molecule has 2 rings (SSSR count). The van der Waals surface area contributed by atoms with E-state index in [1.165, 1.54) is 0 Å². The smallest absolute Gasteiger partial charge is 0.163 e. The third-order valence-electron chi connectivity index (χ3n) is 2.45. The molecule has 0 aliphatic carbocycles. The van der Waals surface area contributed by atoms with Crippen molar-refractivity contribution in [2.24, 2.45) is 0 Å². The summed E-state index contributed by atoms with van der Waals surface area (Å²) in [6.45, 7) is 5.03. The fraction of sp³-hybridized carbons (Fsp3) is 0.286. The summed E-state index contributed by atoms with van der Waals surface area (Å²) >= 11 is 5.70. The molecular formula is C14H16ClN3O2. The van der Waals surface area contributed by atoms with Gasteiger partial charge in [0.05, 0.1) is 13.2 Å². The van der Waals surface area contributed by atoms with Gasteiger partial charge in [-0.15, -0.1) is 10.2 Å². The zero-order valence-electron chi connectivity index (χ0n) is 11.4. The first kappa shape index (κ1) is 14.4. The fourth-order valence-electron chi connectivity index (χ4n) is 1.66. The molecule has 1 heterocycles. The van der Waals surface area contributed by atoms with Crippen LogP contribution < -0.4 is 14.8 Å². The number of halogens is 1. The molecular weight excluding hydrogens is 278 g/mol. The number of hydrogen-bond donors (Lipinski definition) is 1. The number of rotatable bonds is 6. The second kappa shape index (κ2) is 6.96. The van der Waals surface area contributed by atoms with Gasteiger partial charge in [0.25, 0.3) is 0 Å². The van der Waals surface area contributed by atoms with Crippen LogP contribution >= 0.6 is 11.6 Å². The van der Waals surface area contributed by atoms with Crippen molar-refractivity contribution < 1.29 is 9.47 Å². The summed E-state index contributed by atoms with van der Waals surface area (Å²) in [5, 5.41) is 11.2.